The van der Waals surface area contributed by atoms with Gasteiger partial charge in [-0.25, -0.2) is 8.78 Å². The highest BCUT2D eigenvalue weighted by Crippen LogP contribution is 2.18. The standard InChI is InChI=1S/C13H16F2N2O2/c1-9(13(18)17-5-7-19-8-6-17)16-11-4-2-3-10(14)12(11)15/h2-4,9,16H,5-8H2,1H3. The average molecular weight is 270 g/mol. The van der Waals surface area contributed by atoms with Crippen molar-refractivity contribution < 1.29 is 18.3 Å². The van der Waals surface area contributed by atoms with E-state index in [1.165, 1.54) is 12.1 Å². The van der Waals surface area contributed by atoms with Gasteiger partial charge in [-0.05, 0) is 19.1 Å². The zero-order valence-corrected chi connectivity index (χ0v) is 10.7. The Hall–Kier alpha value is -1.69. The monoisotopic (exact) mass is 270 g/mol. The molecule has 1 unspecified atom stereocenters. The highest BCUT2D eigenvalue weighted by atomic mass is 19.2. The summed E-state index contributed by atoms with van der Waals surface area (Å²) < 4.78 is 31.7. The van der Waals surface area contributed by atoms with Crippen molar-refractivity contribution in [3.63, 3.8) is 0 Å². The van der Waals surface area contributed by atoms with Crippen molar-refractivity contribution >= 4 is 11.6 Å². The number of anilines is 1. The number of nitrogens with one attached hydrogen (secondary N) is 1. The third-order valence-electron chi connectivity index (χ3n) is 3.02. The van der Waals surface area contributed by atoms with E-state index in [2.05, 4.69) is 5.32 Å². The number of carbonyl (C=O) groups is 1. The summed E-state index contributed by atoms with van der Waals surface area (Å²) in [5.74, 6) is -2.05. The van der Waals surface area contributed by atoms with Crippen molar-refractivity contribution in [2.24, 2.45) is 0 Å². The van der Waals surface area contributed by atoms with E-state index >= 15 is 0 Å². The molecule has 1 aliphatic heterocycles. The SMILES string of the molecule is CC(Nc1cccc(F)c1F)C(=O)N1CCOCC1. The number of ether oxygens (including phenoxy) is 1. The molecule has 2 rings (SSSR count). The zero-order valence-electron chi connectivity index (χ0n) is 10.7. The van der Waals surface area contributed by atoms with Crippen LogP contribution < -0.4 is 5.32 Å². The van der Waals surface area contributed by atoms with Crippen LogP contribution in [0.3, 0.4) is 0 Å². The van der Waals surface area contributed by atoms with Gasteiger partial charge in [-0.3, -0.25) is 4.79 Å². The lowest BCUT2D eigenvalue weighted by atomic mass is 10.2. The summed E-state index contributed by atoms with van der Waals surface area (Å²) in [6.07, 6.45) is 0. The van der Waals surface area contributed by atoms with Crippen LogP contribution in [0.2, 0.25) is 0 Å². The molecule has 1 heterocycles. The maximum Gasteiger partial charge on any atom is 0.244 e. The zero-order chi connectivity index (χ0) is 13.8. The smallest absolute Gasteiger partial charge is 0.244 e. The molecule has 0 saturated carbocycles. The van der Waals surface area contributed by atoms with E-state index in [0.29, 0.717) is 26.3 Å². The number of nitrogens with zero attached hydrogens (tertiary/aromatic N) is 1. The number of benzene rings is 1. The molecule has 6 heteroatoms. The molecule has 1 atom stereocenters. The quantitative estimate of drug-likeness (QED) is 0.907. The van der Waals surface area contributed by atoms with Crippen molar-refractivity contribution in [3.05, 3.63) is 29.8 Å². The fourth-order valence-corrected chi connectivity index (χ4v) is 1.97. The van der Waals surface area contributed by atoms with Crippen LogP contribution in [-0.4, -0.2) is 43.2 Å². The molecule has 1 N–H and O–H groups in total. The molecule has 1 aromatic rings. The number of hydrogen-bond acceptors (Lipinski definition) is 3. The molecule has 1 aromatic carbocycles. The van der Waals surface area contributed by atoms with E-state index in [1.807, 2.05) is 0 Å². The summed E-state index contributed by atoms with van der Waals surface area (Å²) >= 11 is 0. The first kappa shape index (κ1) is 13.7. The summed E-state index contributed by atoms with van der Waals surface area (Å²) in [5.41, 5.74) is -0.00545. The molecule has 0 spiro atoms. The number of morpholine rings is 1. The highest BCUT2D eigenvalue weighted by Gasteiger charge is 2.23. The van der Waals surface area contributed by atoms with Gasteiger partial charge in [0.1, 0.15) is 6.04 Å². The first-order valence-electron chi connectivity index (χ1n) is 6.16. The van der Waals surface area contributed by atoms with Gasteiger partial charge in [0.15, 0.2) is 11.6 Å². The first-order chi connectivity index (χ1) is 9.09. The minimum atomic E-state index is -0.968. The van der Waals surface area contributed by atoms with Crippen LogP contribution in [0.1, 0.15) is 6.92 Å². The van der Waals surface area contributed by atoms with Crippen molar-refractivity contribution in [2.75, 3.05) is 31.6 Å². The molecule has 1 fully saturated rings. The Balaban J connectivity index is 2.01. The lowest BCUT2D eigenvalue weighted by molar-refractivity contribution is -0.135. The van der Waals surface area contributed by atoms with Gasteiger partial charge < -0.3 is 15.0 Å². The predicted molar refractivity (Wildman–Crippen MR) is 66.8 cm³/mol. The molecule has 104 valence electrons. The van der Waals surface area contributed by atoms with Crippen molar-refractivity contribution in [3.8, 4) is 0 Å². The fraction of sp³-hybridized carbons (Fsp3) is 0.462. The van der Waals surface area contributed by atoms with E-state index in [9.17, 15) is 13.6 Å². The van der Waals surface area contributed by atoms with Crippen LogP contribution >= 0.6 is 0 Å². The molecule has 0 aliphatic carbocycles. The van der Waals surface area contributed by atoms with Crippen LogP contribution in [0.4, 0.5) is 14.5 Å². The average Bonchev–Trinajstić information content (AvgIpc) is 2.44. The van der Waals surface area contributed by atoms with Gasteiger partial charge in [-0.2, -0.15) is 0 Å². The lowest BCUT2D eigenvalue weighted by Crippen LogP contribution is -2.47. The number of halogens is 2. The van der Waals surface area contributed by atoms with Gasteiger partial charge in [0.2, 0.25) is 5.91 Å². The Bertz CT molecular complexity index is 462. The molecular formula is C13H16F2N2O2. The molecule has 4 nitrogen and oxygen atoms in total. The lowest BCUT2D eigenvalue weighted by Gasteiger charge is -2.29. The van der Waals surface area contributed by atoms with Gasteiger partial charge in [0.05, 0.1) is 18.9 Å². The van der Waals surface area contributed by atoms with Gasteiger partial charge >= 0.3 is 0 Å². The third kappa shape index (κ3) is 3.20. The van der Waals surface area contributed by atoms with Gasteiger partial charge in [-0.1, -0.05) is 6.07 Å². The van der Waals surface area contributed by atoms with Crippen LogP contribution in [0.5, 0.6) is 0 Å². The first-order valence-corrected chi connectivity index (χ1v) is 6.16. The molecule has 0 radical (unpaired) electrons. The number of hydrogen-bond donors (Lipinski definition) is 1. The molecule has 1 amide bonds. The van der Waals surface area contributed by atoms with Crippen LogP contribution in [0.25, 0.3) is 0 Å². The minimum Gasteiger partial charge on any atom is -0.378 e. The molecule has 1 aliphatic rings. The second kappa shape index (κ2) is 5.97. The fourth-order valence-electron chi connectivity index (χ4n) is 1.97. The maximum absolute atomic E-state index is 13.5. The van der Waals surface area contributed by atoms with E-state index in [0.717, 1.165) is 6.07 Å². The van der Waals surface area contributed by atoms with E-state index < -0.39 is 17.7 Å². The second-order valence-corrected chi connectivity index (χ2v) is 4.41. The van der Waals surface area contributed by atoms with E-state index in [-0.39, 0.29) is 11.6 Å². The second-order valence-electron chi connectivity index (χ2n) is 4.41. The summed E-state index contributed by atoms with van der Waals surface area (Å²) in [6, 6.07) is 3.22. The minimum absolute atomic E-state index is 0.00545. The Morgan fingerprint density at radius 1 is 1.37 bits per heavy atom. The molecule has 0 bridgehead atoms. The largest absolute Gasteiger partial charge is 0.378 e. The van der Waals surface area contributed by atoms with Crippen LogP contribution in [0, 0.1) is 11.6 Å². The van der Waals surface area contributed by atoms with Crippen LogP contribution in [-0.2, 0) is 9.53 Å². The predicted octanol–water partition coefficient (Wildman–Crippen LogP) is 1.62. The molecular weight excluding hydrogens is 254 g/mol. The summed E-state index contributed by atoms with van der Waals surface area (Å²) in [6.45, 7) is 3.69. The van der Waals surface area contributed by atoms with Crippen molar-refractivity contribution in [1.29, 1.82) is 0 Å². The van der Waals surface area contributed by atoms with Crippen molar-refractivity contribution in [2.45, 2.75) is 13.0 Å². The normalized spacial score (nSPS) is 17.1. The third-order valence-corrected chi connectivity index (χ3v) is 3.02. The number of amides is 1. The Labute approximate surface area is 110 Å². The highest BCUT2D eigenvalue weighted by molar-refractivity contribution is 5.84. The van der Waals surface area contributed by atoms with Gasteiger partial charge in [0, 0.05) is 13.1 Å². The van der Waals surface area contributed by atoms with Crippen LogP contribution in [0.15, 0.2) is 18.2 Å². The summed E-state index contributed by atoms with van der Waals surface area (Å²) in [4.78, 5) is 13.7. The molecule has 1 saturated heterocycles. The van der Waals surface area contributed by atoms with Crippen molar-refractivity contribution in [1.82, 2.24) is 4.90 Å². The number of carbonyl (C=O) groups excluding carboxylic acids is 1. The molecule has 0 aromatic heterocycles. The Morgan fingerprint density at radius 2 is 2.05 bits per heavy atom. The van der Waals surface area contributed by atoms with Gasteiger partial charge in [-0.15, -0.1) is 0 Å². The number of rotatable bonds is 3. The maximum atomic E-state index is 13.5. The van der Waals surface area contributed by atoms with E-state index in [4.69, 9.17) is 4.74 Å². The molecule has 19 heavy (non-hydrogen) atoms. The summed E-state index contributed by atoms with van der Waals surface area (Å²) in [7, 11) is 0. The Kier molecular flexibility index (Phi) is 4.31. The Morgan fingerprint density at radius 3 is 2.74 bits per heavy atom. The topological polar surface area (TPSA) is 41.6 Å². The summed E-state index contributed by atoms with van der Waals surface area (Å²) in [5, 5.41) is 2.70. The van der Waals surface area contributed by atoms with E-state index in [1.54, 1.807) is 11.8 Å². The van der Waals surface area contributed by atoms with Gasteiger partial charge in [0.25, 0.3) is 0 Å².